The van der Waals surface area contributed by atoms with Gasteiger partial charge in [0, 0.05) is 17.1 Å². The maximum absolute atomic E-state index is 12.3. The molecule has 0 fully saturated rings. The molecule has 0 saturated carbocycles. The molecule has 1 atom stereocenters. The summed E-state index contributed by atoms with van der Waals surface area (Å²) in [7, 11) is 0. The van der Waals surface area contributed by atoms with Crippen LogP contribution in [0.4, 0.5) is 5.69 Å². The Bertz CT molecular complexity index is 787. The maximum Gasteiger partial charge on any atom is 0.253 e. The van der Waals surface area contributed by atoms with Gasteiger partial charge < -0.3 is 10.6 Å². The Morgan fingerprint density at radius 3 is 2.52 bits per heavy atom. The average Bonchev–Trinajstić information content (AvgIpc) is 2.61. The van der Waals surface area contributed by atoms with Crippen LogP contribution in [-0.4, -0.2) is 17.9 Å². The molecule has 4 nitrogen and oxygen atoms in total. The van der Waals surface area contributed by atoms with Crippen LogP contribution in [0.5, 0.6) is 0 Å². The molecule has 25 heavy (non-hydrogen) atoms. The van der Waals surface area contributed by atoms with E-state index in [4.69, 9.17) is 11.6 Å². The standard InChI is InChI=1S/C20H21ClN2O2/c1-3-14(2)22-20(25)16-9-5-7-11-18(16)23-19(24)13-12-15-8-4-6-10-17(15)21/h4-14H,3H2,1-2H3,(H,22,25)(H,23,24)/b13-12+/t14-/m0/s1. The van der Waals surface area contributed by atoms with E-state index in [9.17, 15) is 9.59 Å². The number of benzene rings is 2. The Morgan fingerprint density at radius 2 is 1.80 bits per heavy atom. The highest BCUT2D eigenvalue weighted by Crippen LogP contribution is 2.18. The van der Waals surface area contributed by atoms with Crippen LogP contribution in [0, 0.1) is 0 Å². The van der Waals surface area contributed by atoms with Gasteiger partial charge >= 0.3 is 0 Å². The zero-order chi connectivity index (χ0) is 18.2. The average molecular weight is 357 g/mol. The molecule has 0 aliphatic rings. The molecule has 0 aliphatic heterocycles. The normalized spacial score (nSPS) is 12.0. The molecule has 0 aromatic heterocycles. The van der Waals surface area contributed by atoms with Crippen molar-refractivity contribution in [1.82, 2.24) is 5.32 Å². The molecular formula is C20H21ClN2O2. The summed E-state index contributed by atoms with van der Waals surface area (Å²) in [5, 5.41) is 6.21. The Balaban J connectivity index is 2.11. The second-order valence-electron chi connectivity index (χ2n) is 5.67. The molecule has 2 N–H and O–H groups in total. The van der Waals surface area contributed by atoms with E-state index in [1.54, 1.807) is 36.4 Å². The summed E-state index contributed by atoms with van der Waals surface area (Å²) in [6.45, 7) is 3.93. The number of halogens is 1. The van der Waals surface area contributed by atoms with Gasteiger partial charge in [-0.2, -0.15) is 0 Å². The predicted molar refractivity (Wildman–Crippen MR) is 103 cm³/mol. The molecule has 0 heterocycles. The molecule has 0 bridgehead atoms. The van der Waals surface area contributed by atoms with E-state index >= 15 is 0 Å². The number of carbonyl (C=O) groups is 2. The predicted octanol–water partition coefficient (Wildman–Crippen LogP) is 4.52. The van der Waals surface area contributed by atoms with E-state index in [1.807, 2.05) is 32.0 Å². The van der Waals surface area contributed by atoms with Crippen LogP contribution in [0.1, 0.15) is 36.2 Å². The van der Waals surface area contributed by atoms with Gasteiger partial charge in [0.05, 0.1) is 11.3 Å². The van der Waals surface area contributed by atoms with E-state index < -0.39 is 0 Å². The number of hydrogen-bond donors (Lipinski definition) is 2. The van der Waals surface area contributed by atoms with Crippen LogP contribution in [0.15, 0.2) is 54.6 Å². The van der Waals surface area contributed by atoms with E-state index in [2.05, 4.69) is 10.6 Å². The molecule has 2 rings (SSSR count). The number of carbonyl (C=O) groups excluding carboxylic acids is 2. The fourth-order valence-electron chi connectivity index (χ4n) is 2.14. The summed E-state index contributed by atoms with van der Waals surface area (Å²) in [5.74, 6) is -0.538. The van der Waals surface area contributed by atoms with Crippen LogP contribution in [0.25, 0.3) is 6.08 Å². The molecule has 0 radical (unpaired) electrons. The molecular weight excluding hydrogens is 336 g/mol. The fraction of sp³-hybridized carbons (Fsp3) is 0.200. The summed E-state index contributed by atoms with van der Waals surface area (Å²) in [5.41, 5.74) is 1.65. The van der Waals surface area contributed by atoms with Gasteiger partial charge in [0.2, 0.25) is 5.91 Å². The van der Waals surface area contributed by atoms with Crippen molar-refractivity contribution in [2.75, 3.05) is 5.32 Å². The summed E-state index contributed by atoms with van der Waals surface area (Å²) in [4.78, 5) is 24.5. The van der Waals surface area contributed by atoms with Crippen molar-refractivity contribution in [1.29, 1.82) is 0 Å². The van der Waals surface area contributed by atoms with Gasteiger partial charge in [-0.1, -0.05) is 48.9 Å². The van der Waals surface area contributed by atoms with Gasteiger partial charge in [0.1, 0.15) is 0 Å². The lowest BCUT2D eigenvalue weighted by atomic mass is 10.1. The molecule has 2 aromatic rings. The summed E-state index contributed by atoms with van der Waals surface area (Å²) < 4.78 is 0. The zero-order valence-corrected chi connectivity index (χ0v) is 15.0. The van der Waals surface area contributed by atoms with Crippen molar-refractivity contribution in [2.45, 2.75) is 26.3 Å². The minimum Gasteiger partial charge on any atom is -0.350 e. The van der Waals surface area contributed by atoms with E-state index in [0.717, 1.165) is 12.0 Å². The summed E-state index contributed by atoms with van der Waals surface area (Å²) in [6.07, 6.45) is 3.87. The molecule has 5 heteroatoms. The first-order valence-corrected chi connectivity index (χ1v) is 8.52. The van der Waals surface area contributed by atoms with Crippen molar-refractivity contribution in [3.05, 3.63) is 70.8 Å². The van der Waals surface area contributed by atoms with Gasteiger partial charge in [-0.15, -0.1) is 0 Å². The van der Waals surface area contributed by atoms with Gasteiger partial charge in [-0.3, -0.25) is 9.59 Å². The Kier molecular flexibility index (Phi) is 6.78. The van der Waals surface area contributed by atoms with Crippen LogP contribution < -0.4 is 10.6 Å². The lowest BCUT2D eigenvalue weighted by molar-refractivity contribution is -0.111. The van der Waals surface area contributed by atoms with Gasteiger partial charge in [-0.25, -0.2) is 0 Å². The van der Waals surface area contributed by atoms with Crippen LogP contribution >= 0.6 is 11.6 Å². The van der Waals surface area contributed by atoms with E-state index in [-0.39, 0.29) is 17.9 Å². The topological polar surface area (TPSA) is 58.2 Å². The highest BCUT2D eigenvalue weighted by Gasteiger charge is 2.13. The molecule has 130 valence electrons. The van der Waals surface area contributed by atoms with E-state index in [0.29, 0.717) is 16.3 Å². The first kappa shape index (κ1) is 18.7. The Hall–Kier alpha value is -2.59. The quantitative estimate of drug-likeness (QED) is 0.747. The Labute approximate surface area is 152 Å². The first-order valence-electron chi connectivity index (χ1n) is 8.14. The summed E-state index contributed by atoms with van der Waals surface area (Å²) >= 11 is 6.06. The monoisotopic (exact) mass is 356 g/mol. The molecule has 0 saturated heterocycles. The number of anilines is 1. The van der Waals surface area contributed by atoms with Crippen LogP contribution in [0.2, 0.25) is 5.02 Å². The number of nitrogens with one attached hydrogen (secondary N) is 2. The van der Waals surface area contributed by atoms with E-state index in [1.165, 1.54) is 6.08 Å². The smallest absolute Gasteiger partial charge is 0.253 e. The van der Waals surface area contributed by atoms with Crippen molar-refractivity contribution in [2.24, 2.45) is 0 Å². The van der Waals surface area contributed by atoms with Gasteiger partial charge in [0.15, 0.2) is 0 Å². The Morgan fingerprint density at radius 1 is 1.12 bits per heavy atom. The number of para-hydroxylation sites is 1. The molecule has 2 amide bonds. The number of amides is 2. The maximum atomic E-state index is 12.3. The van der Waals surface area contributed by atoms with Gasteiger partial charge in [0.25, 0.3) is 5.91 Å². The first-order chi connectivity index (χ1) is 12.0. The van der Waals surface area contributed by atoms with Crippen LogP contribution in [-0.2, 0) is 4.79 Å². The number of hydrogen-bond acceptors (Lipinski definition) is 2. The van der Waals surface area contributed by atoms with Crippen molar-refractivity contribution in [3.63, 3.8) is 0 Å². The minimum atomic E-state index is -0.330. The highest BCUT2D eigenvalue weighted by atomic mass is 35.5. The third-order valence-corrected chi connectivity index (χ3v) is 4.08. The van der Waals surface area contributed by atoms with Crippen LogP contribution in [0.3, 0.4) is 0 Å². The fourth-order valence-corrected chi connectivity index (χ4v) is 2.34. The largest absolute Gasteiger partial charge is 0.350 e. The van der Waals surface area contributed by atoms with Crippen molar-refractivity contribution in [3.8, 4) is 0 Å². The third kappa shape index (κ3) is 5.47. The highest BCUT2D eigenvalue weighted by molar-refractivity contribution is 6.32. The SMILES string of the molecule is CC[C@H](C)NC(=O)c1ccccc1NC(=O)/C=C/c1ccccc1Cl. The molecule has 0 aliphatic carbocycles. The molecule has 0 unspecified atom stereocenters. The zero-order valence-electron chi connectivity index (χ0n) is 14.3. The lowest BCUT2D eigenvalue weighted by Gasteiger charge is -2.14. The summed E-state index contributed by atoms with van der Waals surface area (Å²) in [6, 6.07) is 14.2. The molecule has 0 spiro atoms. The third-order valence-electron chi connectivity index (χ3n) is 3.74. The molecule has 2 aromatic carbocycles. The number of rotatable bonds is 6. The van der Waals surface area contributed by atoms with Crippen molar-refractivity contribution < 1.29 is 9.59 Å². The van der Waals surface area contributed by atoms with Crippen molar-refractivity contribution >= 4 is 35.2 Å². The lowest BCUT2D eigenvalue weighted by Crippen LogP contribution is -2.32. The second-order valence-corrected chi connectivity index (χ2v) is 6.08. The second kappa shape index (κ2) is 9.04. The van der Waals surface area contributed by atoms with Gasteiger partial charge in [-0.05, 0) is 43.2 Å². The minimum absolute atomic E-state index is 0.0661.